The van der Waals surface area contributed by atoms with Gasteiger partial charge in [0, 0.05) is 6.42 Å². The number of nitrogens with one attached hydrogen (secondary N) is 3. The highest BCUT2D eigenvalue weighted by atomic mass is 16.5. The molecule has 0 amide bonds. The van der Waals surface area contributed by atoms with Crippen molar-refractivity contribution in [1.29, 1.82) is 0 Å². The second-order valence-electron chi connectivity index (χ2n) is 4.49. The molecule has 3 aliphatic rings. The number of guanidine groups is 2. The van der Waals surface area contributed by atoms with Crippen molar-refractivity contribution in [2.75, 3.05) is 13.1 Å². The van der Waals surface area contributed by atoms with Crippen molar-refractivity contribution in [3.8, 4) is 0 Å². The minimum Gasteiger partial charge on any atom is -0.360 e. The molecule has 0 aromatic heterocycles. The third-order valence-corrected chi connectivity index (χ3v) is 3.66. The molecule has 3 aliphatic heterocycles. The van der Waals surface area contributed by atoms with Gasteiger partial charge in [-0.25, -0.2) is 9.89 Å². The molecule has 8 heteroatoms. The normalized spacial score (nSPS) is 39.6. The van der Waals surface area contributed by atoms with Gasteiger partial charge < -0.3 is 10.2 Å². The summed E-state index contributed by atoms with van der Waals surface area (Å²) in [6.07, 6.45) is 0.216. The first kappa shape index (κ1) is 9.67. The second kappa shape index (κ2) is 2.58. The molecule has 16 heavy (non-hydrogen) atoms. The molecule has 88 valence electrons. The Bertz CT molecular complexity index is 417. The third-order valence-electron chi connectivity index (χ3n) is 3.66. The summed E-state index contributed by atoms with van der Waals surface area (Å²) in [5.41, 5.74) is 10.4. The van der Waals surface area contributed by atoms with Crippen LogP contribution >= 0.6 is 0 Å². The maximum absolute atomic E-state index is 10.1. The van der Waals surface area contributed by atoms with Crippen LogP contribution in [-0.4, -0.2) is 57.3 Å². The van der Waals surface area contributed by atoms with E-state index in [2.05, 4.69) is 15.6 Å². The van der Waals surface area contributed by atoms with E-state index >= 15 is 0 Å². The van der Waals surface area contributed by atoms with Crippen LogP contribution in [0.4, 0.5) is 0 Å². The lowest BCUT2D eigenvalue weighted by molar-refractivity contribution is -0.670. The summed E-state index contributed by atoms with van der Waals surface area (Å²) >= 11 is 0. The molecule has 8 nitrogen and oxygen atoms in total. The topological polar surface area (TPSA) is 134 Å². The van der Waals surface area contributed by atoms with Crippen LogP contribution in [0.1, 0.15) is 6.42 Å². The standard InChI is InChI=1S/C8H14N6O2/c9-5-12-4-3-11-6(10)14-2-1-7(15,16)8(4,14)13-5/h4,15-16H,1-3H2,(H5,9,10,11,12,13)/p+2/t4?,8-/m1/s1. The van der Waals surface area contributed by atoms with E-state index in [4.69, 9.17) is 11.5 Å². The van der Waals surface area contributed by atoms with E-state index in [9.17, 15) is 10.2 Å². The van der Waals surface area contributed by atoms with Gasteiger partial charge >= 0.3 is 11.9 Å². The molecule has 0 radical (unpaired) electrons. The number of aliphatic hydroxyl groups is 2. The first-order valence-corrected chi connectivity index (χ1v) is 5.23. The molecular weight excluding hydrogens is 212 g/mol. The van der Waals surface area contributed by atoms with Crippen LogP contribution in [0.25, 0.3) is 0 Å². The van der Waals surface area contributed by atoms with Crippen LogP contribution in [-0.2, 0) is 0 Å². The third kappa shape index (κ3) is 0.866. The van der Waals surface area contributed by atoms with Gasteiger partial charge in [0.05, 0.1) is 6.54 Å². The number of rotatable bonds is 0. The molecule has 1 fully saturated rings. The van der Waals surface area contributed by atoms with Crippen molar-refractivity contribution < 1.29 is 19.8 Å². The molecule has 0 aromatic carbocycles. The number of hydrogen-bond acceptors (Lipinski definition) is 6. The van der Waals surface area contributed by atoms with E-state index in [1.807, 2.05) is 0 Å². The van der Waals surface area contributed by atoms with Crippen LogP contribution in [0.15, 0.2) is 0 Å². The SMILES string of the molecule is NC1=[NH+]C2CNC(N)=[N+]3CCC(O)(O)[C@@]23N1. The van der Waals surface area contributed by atoms with E-state index in [-0.39, 0.29) is 12.5 Å². The van der Waals surface area contributed by atoms with Crippen molar-refractivity contribution in [3.05, 3.63) is 0 Å². The van der Waals surface area contributed by atoms with Gasteiger partial charge in [0.1, 0.15) is 6.54 Å². The Morgan fingerprint density at radius 2 is 2.19 bits per heavy atom. The summed E-state index contributed by atoms with van der Waals surface area (Å²) in [5.74, 6) is -1.09. The average molecular weight is 228 g/mol. The summed E-state index contributed by atoms with van der Waals surface area (Å²) < 4.78 is 1.72. The van der Waals surface area contributed by atoms with Crippen molar-refractivity contribution in [1.82, 2.24) is 10.6 Å². The van der Waals surface area contributed by atoms with Gasteiger partial charge in [-0.1, -0.05) is 0 Å². The monoisotopic (exact) mass is 228 g/mol. The molecule has 0 bridgehead atoms. The van der Waals surface area contributed by atoms with Crippen LogP contribution in [0.5, 0.6) is 0 Å². The molecule has 3 heterocycles. The van der Waals surface area contributed by atoms with Gasteiger partial charge in [0.25, 0.3) is 5.66 Å². The van der Waals surface area contributed by atoms with Gasteiger partial charge in [0.15, 0.2) is 6.04 Å². The van der Waals surface area contributed by atoms with Gasteiger partial charge in [-0.15, -0.1) is 0 Å². The fraction of sp³-hybridized carbons (Fsp3) is 0.750. The molecule has 0 saturated carbocycles. The molecule has 1 unspecified atom stereocenters. The van der Waals surface area contributed by atoms with Crippen LogP contribution in [0, 0.1) is 0 Å². The van der Waals surface area contributed by atoms with Gasteiger partial charge in [-0.2, -0.15) is 0 Å². The van der Waals surface area contributed by atoms with Crippen molar-refractivity contribution in [2.45, 2.75) is 23.9 Å². The highest BCUT2D eigenvalue weighted by molar-refractivity contribution is 5.77. The minimum atomic E-state index is -1.86. The van der Waals surface area contributed by atoms with Gasteiger partial charge in [0.2, 0.25) is 5.79 Å². The Labute approximate surface area is 91.6 Å². The molecule has 1 spiro atoms. The zero-order valence-corrected chi connectivity index (χ0v) is 8.70. The highest BCUT2D eigenvalue weighted by Gasteiger charge is 2.72. The zero-order chi connectivity index (χ0) is 11.6. The first-order chi connectivity index (χ1) is 7.47. The predicted octanol–water partition coefficient (Wildman–Crippen LogP) is -5.94. The lowest BCUT2D eigenvalue weighted by Gasteiger charge is -2.36. The first-order valence-electron chi connectivity index (χ1n) is 5.23. The lowest BCUT2D eigenvalue weighted by Crippen LogP contribution is -2.88. The molecule has 0 aromatic rings. The highest BCUT2D eigenvalue weighted by Crippen LogP contribution is 2.35. The summed E-state index contributed by atoms with van der Waals surface area (Å²) in [7, 11) is 0. The lowest BCUT2D eigenvalue weighted by atomic mass is 9.92. The maximum atomic E-state index is 10.1. The Balaban J connectivity index is 2.18. The number of nitrogens with two attached hydrogens (primary N) is 2. The molecule has 1 saturated heterocycles. The minimum absolute atomic E-state index is 0.216. The summed E-state index contributed by atoms with van der Waals surface area (Å²) in [4.78, 5) is 2.98. The fourth-order valence-electron chi connectivity index (χ4n) is 2.92. The summed E-state index contributed by atoms with van der Waals surface area (Å²) in [6.45, 7) is 0.948. The second-order valence-corrected chi connectivity index (χ2v) is 4.49. The molecule has 9 N–H and O–H groups in total. The molecule has 3 rings (SSSR count). The number of hydrogen-bond donors (Lipinski definition) is 7. The summed E-state index contributed by atoms with van der Waals surface area (Å²) in [5, 5.41) is 26.2. The van der Waals surface area contributed by atoms with Gasteiger partial charge in [-0.05, 0) is 0 Å². The number of nitrogens with zero attached hydrogens (tertiary/aromatic N) is 1. The van der Waals surface area contributed by atoms with E-state index in [0.717, 1.165) is 0 Å². The van der Waals surface area contributed by atoms with E-state index in [0.29, 0.717) is 25.0 Å². The van der Waals surface area contributed by atoms with Crippen LogP contribution in [0.2, 0.25) is 0 Å². The van der Waals surface area contributed by atoms with Gasteiger partial charge in [-0.3, -0.25) is 21.8 Å². The predicted molar refractivity (Wildman–Crippen MR) is 53.9 cm³/mol. The van der Waals surface area contributed by atoms with E-state index in [1.54, 1.807) is 4.58 Å². The Morgan fingerprint density at radius 3 is 2.94 bits per heavy atom. The van der Waals surface area contributed by atoms with Crippen molar-refractivity contribution in [2.24, 2.45) is 11.5 Å². The largest absolute Gasteiger partial charge is 0.360 e. The van der Waals surface area contributed by atoms with Crippen molar-refractivity contribution in [3.63, 3.8) is 0 Å². The maximum Gasteiger partial charge on any atom is 0.346 e. The smallest absolute Gasteiger partial charge is 0.346 e. The van der Waals surface area contributed by atoms with Crippen LogP contribution in [0.3, 0.4) is 0 Å². The zero-order valence-electron chi connectivity index (χ0n) is 8.70. The molecule has 2 atom stereocenters. The Kier molecular flexibility index (Phi) is 1.56. The fourth-order valence-corrected chi connectivity index (χ4v) is 2.92. The summed E-state index contributed by atoms with van der Waals surface area (Å²) in [6, 6.07) is -0.239. The average Bonchev–Trinajstić information content (AvgIpc) is 2.66. The van der Waals surface area contributed by atoms with Crippen molar-refractivity contribution >= 4 is 11.9 Å². The van der Waals surface area contributed by atoms with Crippen LogP contribution < -0.4 is 27.1 Å². The Morgan fingerprint density at radius 1 is 1.44 bits per heavy atom. The Hall–Kier alpha value is -1.54. The molecular formula is C8H16N6O2+2. The van der Waals surface area contributed by atoms with E-state index < -0.39 is 11.4 Å². The van der Waals surface area contributed by atoms with E-state index in [1.165, 1.54) is 0 Å². The quantitative estimate of drug-likeness (QED) is 0.163. The molecule has 0 aliphatic carbocycles.